The fourth-order valence-corrected chi connectivity index (χ4v) is 0.955. The lowest BCUT2D eigenvalue weighted by atomic mass is 10.5. The Bertz CT molecular complexity index is 482. The largest absolute Gasteiger partial charge is 0.382 e. The molecule has 0 radical (unpaired) electrons. The first-order valence-corrected chi connectivity index (χ1v) is 3.23. The van der Waals surface area contributed by atoms with Gasteiger partial charge in [-0.15, -0.1) is 10.2 Å². The molecular formula is C5H6N6O. The molecule has 0 bridgehead atoms. The molecular weight excluding hydrogens is 160 g/mol. The van der Waals surface area contributed by atoms with Crippen LogP contribution in [-0.4, -0.2) is 25.0 Å². The zero-order valence-corrected chi connectivity index (χ0v) is 6.27. The van der Waals surface area contributed by atoms with Crippen LogP contribution in [0, 0.1) is 0 Å². The summed E-state index contributed by atoms with van der Waals surface area (Å²) in [5.74, 6) is 0.0989. The number of hydrogen-bond donors (Lipinski definition) is 2. The molecule has 2 heterocycles. The van der Waals surface area contributed by atoms with Gasteiger partial charge in [-0.1, -0.05) is 0 Å². The number of nitrogens with two attached hydrogens (primary N) is 1. The number of aromatic amines is 1. The predicted molar refractivity (Wildman–Crippen MR) is 41.3 cm³/mol. The minimum Gasteiger partial charge on any atom is -0.382 e. The maximum absolute atomic E-state index is 10.8. The van der Waals surface area contributed by atoms with E-state index in [1.54, 1.807) is 7.05 Å². The lowest BCUT2D eigenvalue weighted by Gasteiger charge is -1.87. The molecule has 0 spiro atoms. The van der Waals surface area contributed by atoms with Gasteiger partial charge in [0, 0.05) is 7.05 Å². The molecule has 0 aliphatic carbocycles. The summed E-state index contributed by atoms with van der Waals surface area (Å²) in [5.41, 5.74) is 5.68. The molecule has 7 nitrogen and oxygen atoms in total. The number of hydrogen-bond acceptors (Lipinski definition) is 5. The van der Waals surface area contributed by atoms with Crippen molar-refractivity contribution in [1.82, 2.24) is 25.0 Å². The zero-order chi connectivity index (χ0) is 8.72. The third-order valence-electron chi connectivity index (χ3n) is 1.40. The van der Waals surface area contributed by atoms with E-state index >= 15 is 0 Å². The van der Waals surface area contributed by atoms with Crippen LogP contribution in [0.3, 0.4) is 0 Å². The van der Waals surface area contributed by atoms with Gasteiger partial charge in [0.05, 0.1) is 0 Å². The maximum atomic E-state index is 10.8. The van der Waals surface area contributed by atoms with Crippen LogP contribution in [0.1, 0.15) is 0 Å². The van der Waals surface area contributed by atoms with Gasteiger partial charge in [-0.3, -0.25) is 4.98 Å². The summed E-state index contributed by atoms with van der Waals surface area (Å²) in [5, 5.41) is 7.77. The second kappa shape index (κ2) is 2.03. The summed E-state index contributed by atoms with van der Waals surface area (Å²) < 4.78 is 0. The Balaban J connectivity index is 2.97. The molecule has 2 rings (SSSR count). The van der Waals surface area contributed by atoms with Gasteiger partial charge in [0.2, 0.25) is 0 Å². The number of nitrogen functional groups attached to an aromatic ring is 1. The van der Waals surface area contributed by atoms with E-state index in [0.717, 1.165) is 0 Å². The lowest BCUT2D eigenvalue weighted by Crippen LogP contribution is -2.12. The maximum Gasteiger partial charge on any atom is 0.348 e. The number of rotatable bonds is 0. The van der Waals surface area contributed by atoms with Crippen LogP contribution in [0.15, 0.2) is 4.79 Å². The number of aromatic nitrogens is 5. The lowest BCUT2D eigenvalue weighted by molar-refractivity contribution is 0.663. The molecule has 0 fully saturated rings. The standard InChI is InChI=1S/C5H6N6O/c1-11-9-2-3(6)7-5(12)8-4(2)10-11/h1H3,(H3,6,7,8,10,12). The number of anilines is 1. The number of aryl methyl sites for hydroxylation is 1. The van der Waals surface area contributed by atoms with E-state index in [9.17, 15) is 4.79 Å². The van der Waals surface area contributed by atoms with E-state index in [1.807, 2.05) is 0 Å². The molecule has 0 aliphatic rings. The zero-order valence-electron chi connectivity index (χ0n) is 6.27. The Hall–Kier alpha value is -1.92. The summed E-state index contributed by atoms with van der Waals surface area (Å²) in [6.07, 6.45) is 0. The molecule has 62 valence electrons. The van der Waals surface area contributed by atoms with Crippen molar-refractivity contribution in [3.05, 3.63) is 10.5 Å². The van der Waals surface area contributed by atoms with Crippen molar-refractivity contribution < 1.29 is 0 Å². The minimum absolute atomic E-state index is 0.0989. The number of nitrogens with zero attached hydrogens (tertiary/aromatic N) is 4. The van der Waals surface area contributed by atoms with E-state index in [4.69, 9.17) is 5.73 Å². The molecule has 0 atom stereocenters. The summed E-state index contributed by atoms with van der Waals surface area (Å²) in [7, 11) is 1.64. The van der Waals surface area contributed by atoms with Crippen LogP contribution in [-0.2, 0) is 7.05 Å². The molecule has 2 aromatic heterocycles. The molecule has 0 aromatic carbocycles. The second-order valence-corrected chi connectivity index (χ2v) is 2.31. The number of H-pyrrole nitrogens is 1. The van der Waals surface area contributed by atoms with Gasteiger partial charge in [0.15, 0.2) is 17.0 Å². The van der Waals surface area contributed by atoms with Crippen molar-refractivity contribution in [2.75, 3.05) is 5.73 Å². The molecule has 0 saturated heterocycles. The second-order valence-electron chi connectivity index (χ2n) is 2.31. The highest BCUT2D eigenvalue weighted by molar-refractivity contribution is 5.79. The van der Waals surface area contributed by atoms with E-state index in [0.29, 0.717) is 11.2 Å². The molecule has 0 aliphatic heterocycles. The Morgan fingerprint density at radius 1 is 1.50 bits per heavy atom. The average Bonchev–Trinajstić information content (AvgIpc) is 2.29. The van der Waals surface area contributed by atoms with Crippen LogP contribution in [0.4, 0.5) is 5.82 Å². The third kappa shape index (κ3) is 0.831. The van der Waals surface area contributed by atoms with Gasteiger partial charge in [-0.25, -0.2) is 4.79 Å². The van der Waals surface area contributed by atoms with Crippen molar-refractivity contribution in [1.29, 1.82) is 0 Å². The monoisotopic (exact) mass is 166 g/mol. The topological polar surface area (TPSA) is 102 Å². The van der Waals surface area contributed by atoms with Gasteiger partial charge in [-0.05, 0) is 0 Å². The van der Waals surface area contributed by atoms with E-state index in [1.165, 1.54) is 4.80 Å². The van der Waals surface area contributed by atoms with E-state index in [2.05, 4.69) is 20.2 Å². The highest BCUT2D eigenvalue weighted by Gasteiger charge is 2.05. The molecule has 12 heavy (non-hydrogen) atoms. The number of nitrogens with one attached hydrogen (secondary N) is 1. The van der Waals surface area contributed by atoms with E-state index in [-0.39, 0.29) is 5.82 Å². The van der Waals surface area contributed by atoms with Crippen molar-refractivity contribution in [3.8, 4) is 0 Å². The molecule has 0 saturated carbocycles. The first-order chi connectivity index (χ1) is 5.66. The normalized spacial score (nSPS) is 10.8. The van der Waals surface area contributed by atoms with Crippen molar-refractivity contribution in [3.63, 3.8) is 0 Å². The fraction of sp³-hybridized carbons (Fsp3) is 0.200. The quantitative estimate of drug-likeness (QED) is 0.502. The van der Waals surface area contributed by atoms with Crippen LogP contribution < -0.4 is 11.4 Å². The first-order valence-electron chi connectivity index (χ1n) is 3.23. The molecule has 0 unspecified atom stereocenters. The minimum atomic E-state index is -0.513. The van der Waals surface area contributed by atoms with Gasteiger partial charge >= 0.3 is 5.69 Å². The molecule has 2 aromatic rings. The van der Waals surface area contributed by atoms with E-state index < -0.39 is 5.69 Å². The van der Waals surface area contributed by atoms with Crippen LogP contribution >= 0.6 is 0 Å². The molecule has 0 amide bonds. The Kier molecular flexibility index (Phi) is 1.15. The average molecular weight is 166 g/mol. The van der Waals surface area contributed by atoms with Crippen LogP contribution in [0.2, 0.25) is 0 Å². The Labute approximate surface area is 66.2 Å². The Morgan fingerprint density at radius 2 is 2.25 bits per heavy atom. The van der Waals surface area contributed by atoms with Crippen LogP contribution in [0.25, 0.3) is 11.2 Å². The molecule has 7 heteroatoms. The molecule has 3 N–H and O–H groups in total. The smallest absolute Gasteiger partial charge is 0.348 e. The summed E-state index contributed by atoms with van der Waals surface area (Å²) in [6.45, 7) is 0. The van der Waals surface area contributed by atoms with Crippen molar-refractivity contribution in [2.45, 2.75) is 0 Å². The van der Waals surface area contributed by atoms with Crippen molar-refractivity contribution >= 4 is 17.0 Å². The summed E-state index contributed by atoms with van der Waals surface area (Å²) >= 11 is 0. The first kappa shape index (κ1) is 6.77. The van der Waals surface area contributed by atoms with Gasteiger partial charge in [0.1, 0.15) is 0 Å². The summed E-state index contributed by atoms with van der Waals surface area (Å²) in [6, 6.07) is 0. The van der Waals surface area contributed by atoms with Crippen LogP contribution in [0.5, 0.6) is 0 Å². The number of fused-ring (bicyclic) bond motifs is 1. The third-order valence-corrected chi connectivity index (χ3v) is 1.40. The van der Waals surface area contributed by atoms with Gasteiger partial charge in [-0.2, -0.15) is 9.78 Å². The fourth-order valence-electron chi connectivity index (χ4n) is 0.955. The van der Waals surface area contributed by atoms with Gasteiger partial charge < -0.3 is 5.73 Å². The van der Waals surface area contributed by atoms with Gasteiger partial charge in [0.25, 0.3) is 0 Å². The Morgan fingerprint density at radius 3 is 3.00 bits per heavy atom. The van der Waals surface area contributed by atoms with Crippen molar-refractivity contribution in [2.24, 2.45) is 7.05 Å². The SMILES string of the molecule is Cn1nc2[nH]c(=O)nc(N)c2n1. The summed E-state index contributed by atoms with van der Waals surface area (Å²) in [4.78, 5) is 18.0. The highest BCUT2D eigenvalue weighted by atomic mass is 16.1. The highest BCUT2D eigenvalue weighted by Crippen LogP contribution is 2.07. The predicted octanol–water partition coefficient (Wildman–Crippen LogP) is -1.37.